The van der Waals surface area contributed by atoms with Gasteiger partial charge in [-0.15, -0.1) is 0 Å². The summed E-state index contributed by atoms with van der Waals surface area (Å²) in [5.74, 6) is -0.664. The van der Waals surface area contributed by atoms with Crippen LogP contribution in [0.3, 0.4) is 0 Å². The quantitative estimate of drug-likeness (QED) is 0.856. The number of amides is 2. The van der Waals surface area contributed by atoms with Crippen LogP contribution in [0, 0.1) is 0 Å². The zero-order chi connectivity index (χ0) is 17.3. The molecule has 0 bridgehead atoms. The third kappa shape index (κ3) is 2.43. The van der Waals surface area contributed by atoms with Crippen molar-refractivity contribution in [2.75, 3.05) is 0 Å². The standard InChI is InChI=1S/C20H21NO3/c1-3-13-20(2,17(22)14-9-5-4-6-10-14)21-18(23)15-11-7-8-12-16(15)19(21)24/h4-12,17,22H,3,13H2,1-2H3/t17-,20+/m1/s1. The number of carbonyl (C=O) groups excluding carboxylic acids is 2. The Hall–Kier alpha value is -2.46. The van der Waals surface area contributed by atoms with Gasteiger partial charge in [-0.05, 0) is 31.0 Å². The van der Waals surface area contributed by atoms with Crippen molar-refractivity contribution in [2.24, 2.45) is 0 Å². The Kier molecular flexibility index (Phi) is 4.24. The molecule has 1 aliphatic heterocycles. The molecule has 124 valence electrons. The Morgan fingerprint density at radius 2 is 1.46 bits per heavy atom. The van der Waals surface area contributed by atoms with Crippen molar-refractivity contribution in [3.63, 3.8) is 0 Å². The SMILES string of the molecule is CCC[C@@](C)([C@H](O)c1ccccc1)N1C(=O)c2ccccc2C1=O. The van der Waals surface area contributed by atoms with E-state index in [1.165, 1.54) is 4.90 Å². The number of fused-ring (bicyclic) bond motifs is 1. The fraction of sp³-hybridized carbons (Fsp3) is 0.300. The second kappa shape index (κ2) is 6.21. The molecule has 2 aromatic rings. The third-order valence-electron chi connectivity index (χ3n) is 4.77. The molecule has 2 amide bonds. The fourth-order valence-electron chi connectivity index (χ4n) is 3.52. The average Bonchev–Trinajstić information content (AvgIpc) is 2.87. The predicted octanol–water partition coefficient (Wildman–Crippen LogP) is 3.58. The summed E-state index contributed by atoms with van der Waals surface area (Å²) >= 11 is 0. The van der Waals surface area contributed by atoms with Crippen LogP contribution in [0.25, 0.3) is 0 Å². The maximum Gasteiger partial charge on any atom is 0.262 e. The lowest BCUT2D eigenvalue weighted by atomic mass is 9.83. The van der Waals surface area contributed by atoms with Gasteiger partial charge in [-0.2, -0.15) is 0 Å². The molecule has 1 heterocycles. The Bertz CT molecular complexity index is 736. The second-order valence-corrected chi connectivity index (χ2v) is 6.41. The van der Waals surface area contributed by atoms with Crippen molar-refractivity contribution in [3.05, 3.63) is 71.3 Å². The first-order valence-corrected chi connectivity index (χ1v) is 8.21. The van der Waals surface area contributed by atoms with Crippen LogP contribution in [-0.4, -0.2) is 27.4 Å². The minimum Gasteiger partial charge on any atom is -0.386 e. The number of hydrogen-bond acceptors (Lipinski definition) is 3. The number of hydrogen-bond donors (Lipinski definition) is 1. The van der Waals surface area contributed by atoms with Gasteiger partial charge in [0.15, 0.2) is 0 Å². The molecule has 3 rings (SSSR count). The number of aliphatic hydroxyl groups excluding tert-OH is 1. The fourth-order valence-corrected chi connectivity index (χ4v) is 3.52. The van der Waals surface area contributed by atoms with E-state index in [0.29, 0.717) is 23.1 Å². The predicted molar refractivity (Wildman–Crippen MR) is 91.7 cm³/mol. The molecule has 0 aliphatic carbocycles. The summed E-state index contributed by atoms with van der Waals surface area (Å²) in [6, 6.07) is 16.0. The molecule has 24 heavy (non-hydrogen) atoms. The summed E-state index contributed by atoms with van der Waals surface area (Å²) in [5.41, 5.74) is 0.517. The van der Waals surface area contributed by atoms with Crippen molar-refractivity contribution >= 4 is 11.8 Å². The summed E-state index contributed by atoms with van der Waals surface area (Å²) < 4.78 is 0. The van der Waals surface area contributed by atoms with Crippen molar-refractivity contribution in [1.82, 2.24) is 4.90 Å². The summed E-state index contributed by atoms with van der Waals surface area (Å²) in [6.45, 7) is 3.77. The van der Waals surface area contributed by atoms with E-state index in [0.717, 1.165) is 6.42 Å². The number of rotatable bonds is 5. The first-order chi connectivity index (χ1) is 11.5. The highest BCUT2D eigenvalue weighted by molar-refractivity contribution is 6.21. The molecule has 0 aromatic heterocycles. The van der Waals surface area contributed by atoms with Gasteiger partial charge in [0, 0.05) is 0 Å². The molecular formula is C20H21NO3. The summed E-state index contributed by atoms with van der Waals surface area (Å²) in [6.07, 6.45) is 0.323. The highest BCUT2D eigenvalue weighted by Gasteiger charge is 2.49. The van der Waals surface area contributed by atoms with Crippen LogP contribution in [0.2, 0.25) is 0 Å². The minimum atomic E-state index is -0.997. The smallest absolute Gasteiger partial charge is 0.262 e. The highest BCUT2D eigenvalue weighted by atomic mass is 16.3. The van der Waals surface area contributed by atoms with Gasteiger partial charge in [0.1, 0.15) is 6.10 Å². The van der Waals surface area contributed by atoms with Crippen LogP contribution >= 0.6 is 0 Å². The van der Waals surface area contributed by atoms with E-state index in [4.69, 9.17) is 0 Å². The molecule has 0 radical (unpaired) electrons. The van der Waals surface area contributed by atoms with Gasteiger partial charge >= 0.3 is 0 Å². The third-order valence-corrected chi connectivity index (χ3v) is 4.77. The summed E-state index contributed by atoms with van der Waals surface area (Å²) in [4.78, 5) is 27.0. The lowest BCUT2D eigenvalue weighted by molar-refractivity contribution is -0.00953. The van der Waals surface area contributed by atoms with Gasteiger partial charge in [0.05, 0.1) is 16.7 Å². The van der Waals surface area contributed by atoms with E-state index < -0.39 is 11.6 Å². The maximum atomic E-state index is 12.9. The zero-order valence-corrected chi connectivity index (χ0v) is 13.9. The Morgan fingerprint density at radius 3 is 1.96 bits per heavy atom. The first kappa shape index (κ1) is 16.4. The van der Waals surface area contributed by atoms with Gasteiger partial charge < -0.3 is 5.11 Å². The minimum absolute atomic E-state index is 0.332. The molecule has 2 aromatic carbocycles. The van der Waals surface area contributed by atoms with E-state index in [-0.39, 0.29) is 11.8 Å². The van der Waals surface area contributed by atoms with Crippen LogP contribution in [0.4, 0.5) is 0 Å². The van der Waals surface area contributed by atoms with Crippen molar-refractivity contribution < 1.29 is 14.7 Å². The van der Waals surface area contributed by atoms with E-state index in [1.54, 1.807) is 31.2 Å². The maximum absolute atomic E-state index is 12.9. The molecule has 0 fully saturated rings. The molecule has 4 heteroatoms. The Labute approximate surface area is 141 Å². The molecule has 1 N–H and O–H groups in total. The van der Waals surface area contributed by atoms with Crippen molar-refractivity contribution in [2.45, 2.75) is 38.3 Å². The molecule has 0 saturated carbocycles. The first-order valence-electron chi connectivity index (χ1n) is 8.21. The number of carbonyl (C=O) groups is 2. The normalized spacial score (nSPS) is 17.5. The average molecular weight is 323 g/mol. The molecule has 1 aliphatic rings. The lowest BCUT2D eigenvalue weighted by Gasteiger charge is -2.41. The molecule has 0 unspecified atom stereocenters. The monoisotopic (exact) mass is 323 g/mol. The van der Waals surface area contributed by atoms with Crippen molar-refractivity contribution in [3.8, 4) is 0 Å². The van der Waals surface area contributed by atoms with Gasteiger partial charge in [-0.1, -0.05) is 55.8 Å². The number of aliphatic hydroxyl groups is 1. The second-order valence-electron chi connectivity index (χ2n) is 6.41. The highest BCUT2D eigenvalue weighted by Crippen LogP contribution is 2.40. The zero-order valence-electron chi connectivity index (χ0n) is 13.9. The van der Waals surface area contributed by atoms with Crippen LogP contribution in [0.5, 0.6) is 0 Å². The Morgan fingerprint density at radius 1 is 0.958 bits per heavy atom. The van der Waals surface area contributed by atoms with Crippen LogP contribution in [0.1, 0.15) is 59.1 Å². The molecule has 0 spiro atoms. The van der Waals surface area contributed by atoms with E-state index >= 15 is 0 Å². The largest absolute Gasteiger partial charge is 0.386 e. The topological polar surface area (TPSA) is 57.6 Å². The molecule has 0 saturated heterocycles. The number of nitrogens with zero attached hydrogens (tertiary/aromatic N) is 1. The van der Waals surface area contributed by atoms with Crippen LogP contribution < -0.4 is 0 Å². The van der Waals surface area contributed by atoms with Gasteiger partial charge in [-0.3, -0.25) is 14.5 Å². The molecule has 4 nitrogen and oxygen atoms in total. The van der Waals surface area contributed by atoms with Crippen molar-refractivity contribution in [1.29, 1.82) is 0 Å². The lowest BCUT2D eigenvalue weighted by Crippen LogP contribution is -2.53. The van der Waals surface area contributed by atoms with Gasteiger partial charge in [0.2, 0.25) is 0 Å². The summed E-state index contributed by atoms with van der Waals surface area (Å²) in [5, 5.41) is 11.0. The number of imide groups is 1. The van der Waals surface area contributed by atoms with Gasteiger partial charge in [0.25, 0.3) is 11.8 Å². The van der Waals surface area contributed by atoms with E-state index in [2.05, 4.69) is 0 Å². The summed E-state index contributed by atoms with van der Waals surface area (Å²) in [7, 11) is 0. The van der Waals surface area contributed by atoms with Crippen LogP contribution in [0.15, 0.2) is 54.6 Å². The molecule has 2 atom stereocenters. The number of benzene rings is 2. The van der Waals surface area contributed by atoms with Crippen LogP contribution in [-0.2, 0) is 0 Å². The molecular weight excluding hydrogens is 302 g/mol. The van der Waals surface area contributed by atoms with Gasteiger partial charge in [-0.25, -0.2) is 0 Å². The Balaban J connectivity index is 2.06. The van der Waals surface area contributed by atoms with E-state index in [9.17, 15) is 14.7 Å². The van der Waals surface area contributed by atoms with E-state index in [1.807, 2.05) is 37.3 Å².